The molecule has 0 N–H and O–H groups in total. The summed E-state index contributed by atoms with van der Waals surface area (Å²) < 4.78 is 17.0. The third-order valence-corrected chi connectivity index (χ3v) is 15.0. The van der Waals surface area contributed by atoms with Crippen molar-refractivity contribution in [2.24, 2.45) is 17.8 Å². The Morgan fingerprint density at radius 2 is 0.500 bits per heavy atom. The fourth-order valence-corrected chi connectivity index (χ4v) is 9.85. The lowest BCUT2D eigenvalue weighted by Gasteiger charge is -2.18. The van der Waals surface area contributed by atoms with Crippen molar-refractivity contribution in [3.8, 4) is 0 Å². The van der Waals surface area contributed by atoms with E-state index in [-0.39, 0.29) is 31.1 Å². The van der Waals surface area contributed by atoms with Gasteiger partial charge in [-0.1, -0.05) is 318 Å². The molecule has 2 atom stereocenters. The van der Waals surface area contributed by atoms with Crippen LogP contribution in [-0.4, -0.2) is 37.2 Å². The number of hydrogen-bond acceptors (Lipinski definition) is 6. The Hall–Kier alpha value is -1.59. The minimum atomic E-state index is -0.764. The van der Waals surface area contributed by atoms with Gasteiger partial charge in [-0.05, 0) is 37.0 Å². The third kappa shape index (κ3) is 55.7. The first-order chi connectivity index (χ1) is 34.1. The zero-order valence-corrected chi connectivity index (χ0v) is 48.3. The predicted molar refractivity (Wildman–Crippen MR) is 303 cm³/mol. The van der Waals surface area contributed by atoms with Crippen LogP contribution < -0.4 is 0 Å². The van der Waals surface area contributed by atoms with Crippen molar-refractivity contribution in [3.63, 3.8) is 0 Å². The molecular weight excluding hydrogens is 865 g/mol. The van der Waals surface area contributed by atoms with Crippen LogP contribution in [0, 0.1) is 17.8 Å². The van der Waals surface area contributed by atoms with Crippen LogP contribution in [0.15, 0.2) is 0 Å². The van der Waals surface area contributed by atoms with Gasteiger partial charge in [-0.3, -0.25) is 14.4 Å². The monoisotopic (exact) mass is 989 g/mol. The van der Waals surface area contributed by atoms with E-state index in [2.05, 4.69) is 41.5 Å². The Labute approximate surface area is 438 Å². The second-order valence-electron chi connectivity index (χ2n) is 23.2. The normalized spacial score (nSPS) is 12.5. The van der Waals surface area contributed by atoms with Gasteiger partial charge in [-0.25, -0.2) is 0 Å². The largest absolute Gasteiger partial charge is 0.462 e. The summed E-state index contributed by atoms with van der Waals surface area (Å²) in [6.45, 7) is 13.8. The fraction of sp³-hybridized carbons (Fsp3) is 0.953. The van der Waals surface area contributed by atoms with Crippen LogP contribution in [0.4, 0.5) is 0 Å². The molecule has 0 aliphatic rings. The summed E-state index contributed by atoms with van der Waals surface area (Å²) in [5.41, 5.74) is 0. The van der Waals surface area contributed by atoms with Crippen LogP contribution in [0.2, 0.25) is 0 Å². The minimum absolute atomic E-state index is 0.0627. The van der Waals surface area contributed by atoms with E-state index in [1.165, 1.54) is 238 Å². The first-order valence-corrected chi connectivity index (χ1v) is 31.6. The van der Waals surface area contributed by atoms with Crippen LogP contribution in [0.25, 0.3) is 0 Å². The fourth-order valence-electron chi connectivity index (χ4n) is 9.85. The van der Waals surface area contributed by atoms with E-state index in [0.29, 0.717) is 19.3 Å². The molecule has 0 radical (unpaired) electrons. The average molecular weight is 990 g/mol. The molecule has 70 heavy (non-hydrogen) atoms. The molecule has 0 fully saturated rings. The number of hydrogen-bond donors (Lipinski definition) is 0. The maximum Gasteiger partial charge on any atom is 0.306 e. The molecule has 6 nitrogen and oxygen atoms in total. The summed E-state index contributed by atoms with van der Waals surface area (Å²) in [6.07, 6.45) is 59.5. The summed E-state index contributed by atoms with van der Waals surface area (Å²) in [5, 5.41) is 0. The number of rotatable bonds is 57. The molecule has 6 heteroatoms. The molecule has 0 amide bonds. The Morgan fingerprint density at radius 1 is 0.286 bits per heavy atom. The van der Waals surface area contributed by atoms with Crippen molar-refractivity contribution >= 4 is 17.9 Å². The van der Waals surface area contributed by atoms with E-state index in [1.807, 2.05) is 0 Å². The summed E-state index contributed by atoms with van der Waals surface area (Å²) in [7, 11) is 0. The quantitative estimate of drug-likeness (QED) is 0.0343. The van der Waals surface area contributed by atoms with Crippen LogP contribution in [0.1, 0.15) is 356 Å². The zero-order chi connectivity index (χ0) is 51.2. The molecule has 0 aliphatic heterocycles. The number of esters is 3. The zero-order valence-electron chi connectivity index (χ0n) is 48.3. The van der Waals surface area contributed by atoms with Gasteiger partial charge in [0.15, 0.2) is 6.10 Å². The van der Waals surface area contributed by atoms with Crippen molar-refractivity contribution in [2.45, 2.75) is 362 Å². The van der Waals surface area contributed by atoms with E-state index < -0.39 is 6.10 Å². The van der Waals surface area contributed by atoms with Gasteiger partial charge >= 0.3 is 17.9 Å². The lowest BCUT2D eigenvalue weighted by molar-refractivity contribution is -0.167. The van der Waals surface area contributed by atoms with Crippen molar-refractivity contribution in [1.82, 2.24) is 0 Å². The van der Waals surface area contributed by atoms with E-state index in [1.54, 1.807) is 0 Å². The molecular formula is C64H124O6. The van der Waals surface area contributed by atoms with E-state index in [4.69, 9.17) is 14.2 Å². The lowest BCUT2D eigenvalue weighted by Crippen LogP contribution is -2.30. The Balaban J connectivity index is 4.30. The molecule has 0 aromatic heterocycles. The molecule has 0 aromatic carbocycles. The van der Waals surface area contributed by atoms with Crippen LogP contribution >= 0.6 is 0 Å². The highest BCUT2D eigenvalue weighted by molar-refractivity contribution is 5.71. The van der Waals surface area contributed by atoms with E-state index in [9.17, 15) is 14.4 Å². The molecule has 0 heterocycles. The van der Waals surface area contributed by atoms with Crippen molar-refractivity contribution in [3.05, 3.63) is 0 Å². The molecule has 0 bridgehead atoms. The lowest BCUT2D eigenvalue weighted by atomic mass is 9.99. The Bertz CT molecular complexity index is 1090. The van der Waals surface area contributed by atoms with Crippen molar-refractivity contribution in [2.75, 3.05) is 13.2 Å². The van der Waals surface area contributed by atoms with E-state index >= 15 is 0 Å². The number of ether oxygens (including phenoxy) is 3. The van der Waals surface area contributed by atoms with Crippen LogP contribution in [-0.2, 0) is 28.6 Å². The summed E-state index contributed by atoms with van der Waals surface area (Å²) in [4.78, 5) is 38.3. The molecule has 416 valence electrons. The first-order valence-electron chi connectivity index (χ1n) is 31.6. The minimum Gasteiger partial charge on any atom is -0.462 e. The Morgan fingerprint density at radius 3 is 0.743 bits per heavy atom. The maximum absolute atomic E-state index is 12.9. The molecule has 1 unspecified atom stereocenters. The van der Waals surface area contributed by atoms with E-state index in [0.717, 1.165) is 75.5 Å². The molecule has 0 spiro atoms. The van der Waals surface area contributed by atoms with Crippen LogP contribution in [0.5, 0.6) is 0 Å². The Kier molecular flexibility index (Phi) is 53.9. The molecule has 0 aliphatic carbocycles. The number of unbranched alkanes of at least 4 members (excludes halogenated alkanes) is 39. The van der Waals surface area contributed by atoms with Gasteiger partial charge in [0.2, 0.25) is 0 Å². The molecule has 0 saturated carbocycles. The van der Waals surface area contributed by atoms with Gasteiger partial charge in [0.05, 0.1) is 0 Å². The highest BCUT2D eigenvalue weighted by Gasteiger charge is 2.19. The van der Waals surface area contributed by atoms with Gasteiger partial charge < -0.3 is 14.2 Å². The predicted octanol–water partition coefficient (Wildman–Crippen LogP) is 21.1. The van der Waals surface area contributed by atoms with Gasteiger partial charge in [-0.2, -0.15) is 0 Å². The molecule has 0 aromatic rings. The first kappa shape index (κ1) is 68.4. The summed E-state index contributed by atoms with van der Waals surface area (Å²) in [6, 6.07) is 0. The van der Waals surface area contributed by atoms with Gasteiger partial charge in [-0.15, -0.1) is 0 Å². The van der Waals surface area contributed by atoms with Gasteiger partial charge in [0.1, 0.15) is 13.2 Å². The van der Waals surface area contributed by atoms with Gasteiger partial charge in [0, 0.05) is 19.3 Å². The summed E-state index contributed by atoms with van der Waals surface area (Å²) >= 11 is 0. The number of carbonyl (C=O) groups is 3. The van der Waals surface area contributed by atoms with Crippen LogP contribution in [0.3, 0.4) is 0 Å². The second kappa shape index (κ2) is 55.2. The second-order valence-corrected chi connectivity index (χ2v) is 23.2. The third-order valence-electron chi connectivity index (χ3n) is 15.0. The average Bonchev–Trinajstić information content (AvgIpc) is 3.33. The number of carbonyl (C=O) groups excluding carboxylic acids is 3. The topological polar surface area (TPSA) is 78.9 Å². The molecule has 0 rings (SSSR count). The molecule has 0 saturated heterocycles. The van der Waals surface area contributed by atoms with Crippen molar-refractivity contribution in [1.29, 1.82) is 0 Å². The maximum atomic E-state index is 12.9. The summed E-state index contributed by atoms with van der Waals surface area (Å²) in [5.74, 6) is 1.75. The highest BCUT2D eigenvalue weighted by atomic mass is 16.6. The van der Waals surface area contributed by atoms with Gasteiger partial charge in [0.25, 0.3) is 0 Å². The van der Waals surface area contributed by atoms with Crippen molar-refractivity contribution < 1.29 is 28.6 Å². The standard InChI is InChI=1S/C64H124O6/c1-7-60(6)52-46-40-34-28-22-16-11-12-18-25-31-37-43-49-55-64(67)70-61(57-69-63(66)54-48-42-36-30-24-19-13-15-21-27-33-39-45-51-59(4)5)56-68-62(65)53-47-41-35-29-23-17-10-8-9-14-20-26-32-38-44-50-58(2)3/h58-61H,7-57H2,1-6H3/t60?,61-/m0/s1. The smallest absolute Gasteiger partial charge is 0.306 e. The highest BCUT2D eigenvalue weighted by Crippen LogP contribution is 2.19. The SMILES string of the molecule is CCC(C)CCCCCCCCCCCCCCCCC(=O)O[C@@H](COC(=O)CCCCCCCCCCCCCCCCCC(C)C)COC(=O)CCCCCCCCCCCCCCCC(C)C.